The Morgan fingerprint density at radius 2 is 0.987 bits per heavy atom. The summed E-state index contributed by atoms with van der Waals surface area (Å²) in [6.45, 7) is 4.85. The number of nitrogens with one attached hydrogen (secondary N) is 8. The molecule has 3 aromatic carbocycles. The number of phenols is 2. The van der Waals surface area contributed by atoms with Crippen LogP contribution in [0.2, 0.25) is 0 Å². The van der Waals surface area contributed by atoms with Crippen LogP contribution in [-0.4, -0.2) is 148 Å². The van der Waals surface area contributed by atoms with Crippen molar-refractivity contribution in [1.82, 2.24) is 47.7 Å². The predicted molar refractivity (Wildman–Crippen MR) is 287 cm³/mol. The van der Waals surface area contributed by atoms with Gasteiger partial charge < -0.3 is 76.1 Å². The number of hydrogen-bond acceptors (Lipinski definition) is 14. The van der Waals surface area contributed by atoms with Gasteiger partial charge in [-0.05, 0) is 93.8 Å². The van der Waals surface area contributed by atoms with Crippen molar-refractivity contribution in [3.05, 3.63) is 95.6 Å². The van der Waals surface area contributed by atoms with Crippen LogP contribution in [0.5, 0.6) is 11.5 Å². The summed E-state index contributed by atoms with van der Waals surface area (Å²) in [5.74, 6) is -7.58. The Balaban J connectivity index is 1.54. The number of nitrogens with zero attached hydrogens (tertiary/aromatic N) is 3. The van der Waals surface area contributed by atoms with Crippen molar-refractivity contribution in [2.75, 3.05) is 19.6 Å². The summed E-state index contributed by atoms with van der Waals surface area (Å²) in [7, 11) is 0. The maximum Gasteiger partial charge on any atom is 0.256 e. The van der Waals surface area contributed by atoms with Gasteiger partial charge in [0.15, 0.2) is 11.9 Å². The fourth-order valence-corrected chi connectivity index (χ4v) is 8.00. The SMILES string of the molecule is CCNC(=O)[C@H](CCCN=C(N)N)NC(=O)[C@H](CCCN=C(N)N)NC(=O)C(C)NC(=O)[C@H](Cc1ccc(O)cc1)NC(=O)[C@H](Cc1ccc(O)cc1)NC(=O)C(C)NC(=O)[C@H](CC(N)=O)N1N[C@@H](Cc2ccccc2)C1=O. The topological polar surface area (TPSA) is 448 Å². The lowest BCUT2D eigenvalue weighted by Gasteiger charge is -2.43. The number of likely N-dealkylation sites (N-methyl/N-ethyl adjacent to an activating group) is 1. The number of phenolic OH excluding ortho intramolecular Hbond substituents is 2. The maximum absolute atomic E-state index is 14.4. The lowest BCUT2D eigenvalue weighted by Crippen LogP contribution is -2.73. The molecule has 27 heteroatoms. The molecule has 3 aromatic rings. The van der Waals surface area contributed by atoms with Crippen molar-refractivity contribution < 1.29 is 53.4 Å². The third-order valence-corrected chi connectivity index (χ3v) is 12.2. The lowest BCUT2D eigenvalue weighted by atomic mass is 10.0. The highest BCUT2D eigenvalue weighted by atomic mass is 16.3. The summed E-state index contributed by atoms with van der Waals surface area (Å²) < 4.78 is 0. The average Bonchev–Trinajstić information content (AvgIpc) is 3.40. The Bertz CT molecular complexity index is 2610. The number of rotatable bonds is 31. The first kappa shape index (κ1) is 61.5. The van der Waals surface area contributed by atoms with Crippen molar-refractivity contribution in [2.24, 2.45) is 38.7 Å². The Hall–Kier alpha value is -9.01. The Morgan fingerprint density at radius 1 is 0.564 bits per heavy atom. The van der Waals surface area contributed by atoms with Crippen LogP contribution in [0, 0.1) is 0 Å². The summed E-state index contributed by atoms with van der Waals surface area (Å²) in [5.41, 5.74) is 31.9. The molecule has 1 fully saturated rings. The highest BCUT2D eigenvalue weighted by molar-refractivity contribution is 5.99. The number of hydrogen-bond donors (Lipinski definition) is 15. The Kier molecular flexibility index (Phi) is 24.1. The van der Waals surface area contributed by atoms with E-state index in [-0.39, 0.29) is 75.2 Å². The zero-order chi connectivity index (χ0) is 57.5. The Labute approximate surface area is 450 Å². The molecule has 1 heterocycles. The van der Waals surface area contributed by atoms with E-state index >= 15 is 0 Å². The summed E-state index contributed by atoms with van der Waals surface area (Å²) in [4.78, 5) is 130. The summed E-state index contributed by atoms with van der Waals surface area (Å²) in [5, 5.41) is 39.2. The van der Waals surface area contributed by atoms with Crippen molar-refractivity contribution in [2.45, 2.75) is 120 Å². The second kappa shape index (κ2) is 30.5. The number of amides is 9. The first-order chi connectivity index (χ1) is 37.0. The fraction of sp³-hybridized carbons (Fsp3) is 0.431. The van der Waals surface area contributed by atoms with Gasteiger partial charge in [-0.15, -0.1) is 0 Å². The van der Waals surface area contributed by atoms with Gasteiger partial charge in [-0.3, -0.25) is 58.1 Å². The minimum Gasteiger partial charge on any atom is -0.508 e. The number of aromatic hydroxyl groups is 2. The Morgan fingerprint density at radius 3 is 1.45 bits per heavy atom. The van der Waals surface area contributed by atoms with Crippen LogP contribution in [0.25, 0.3) is 0 Å². The summed E-state index contributed by atoms with van der Waals surface area (Å²) in [6.07, 6.45) is -0.0878. The van der Waals surface area contributed by atoms with Crippen LogP contribution in [0.4, 0.5) is 0 Å². The largest absolute Gasteiger partial charge is 0.508 e. The number of carbonyl (C=O) groups is 9. The normalized spacial score (nSPS) is 15.4. The molecule has 0 saturated carbocycles. The number of primary amides is 1. The van der Waals surface area contributed by atoms with Crippen LogP contribution in [-0.2, 0) is 62.4 Å². The van der Waals surface area contributed by atoms with E-state index in [9.17, 15) is 53.4 Å². The second-order valence-electron chi connectivity index (χ2n) is 18.5. The molecule has 0 aromatic heterocycles. The number of nitrogens with two attached hydrogens (primary N) is 5. The minimum absolute atomic E-state index is 0.0139. The number of hydrazine groups is 1. The first-order valence-corrected chi connectivity index (χ1v) is 25.2. The zero-order valence-corrected chi connectivity index (χ0v) is 43.7. The van der Waals surface area contributed by atoms with E-state index in [1.807, 2.05) is 30.3 Å². The third-order valence-electron chi connectivity index (χ3n) is 12.2. The summed E-state index contributed by atoms with van der Waals surface area (Å²) in [6, 6.07) is 10.4. The molecule has 20 N–H and O–H groups in total. The van der Waals surface area contributed by atoms with Crippen molar-refractivity contribution in [3.8, 4) is 11.5 Å². The van der Waals surface area contributed by atoms with Gasteiger partial charge in [0.1, 0.15) is 59.8 Å². The van der Waals surface area contributed by atoms with Crippen LogP contribution in [0.3, 0.4) is 0 Å². The number of guanidine groups is 2. The molecule has 8 atom stereocenters. The van der Waals surface area contributed by atoms with E-state index in [0.29, 0.717) is 24.0 Å². The smallest absolute Gasteiger partial charge is 0.256 e. The van der Waals surface area contributed by atoms with Gasteiger partial charge >= 0.3 is 0 Å². The van der Waals surface area contributed by atoms with E-state index in [0.717, 1.165) is 10.6 Å². The first-order valence-electron chi connectivity index (χ1n) is 25.2. The van der Waals surface area contributed by atoms with Gasteiger partial charge in [0, 0.05) is 32.5 Å². The number of aliphatic imine (C=N–C) groups is 2. The average molecular weight is 1090 g/mol. The molecule has 9 amide bonds. The fourth-order valence-electron chi connectivity index (χ4n) is 8.00. The van der Waals surface area contributed by atoms with Crippen molar-refractivity contribution in [3.63, 3.8) is 0 Å². The zero-order valence-electron chi connectivity index (χ0n) is 43.7. The van der Waals surface area contributed by atoms with Gasteiger partial charge in [-0.1, -0.05) is 54.6 Å². The number of benzene rings is 3. The molecule has 0 aliphatic carbocycles. The van der Waals surface area contributed by atoms with Crippen LogP contribution in [0.1, 0.15) is 69.6 Å². The van der Waals surface area contributed by atoms with Crippen molar-refractivity contribution in [1.29, 1.82) is 0 Å². The molecule has 1 saturated heterocycles. The van der Waals surface area contributed by atoms with Crippen molar-refractivity contribution >= 4 is 65.1 Å². The monoisotopic (exact) mass is 1080 g/mol. The van der Waals surface area contributed by atoms with Crippen LogP contribution in [0.15, 0.2) is 88.8 Å². The summed E-state index contributed by atoms with van der Waals surface area (Å²) >= 11 is 0. The molecule has 0 bridgehead atoms. The number of carbonyl (C=O) groups excluding carboxylic acids is 9. The van der Waals surface area contributed by atoms with Gasteiger partial charge in [-0.2, -0.15) is 0 Å². The second-order valence-corrected chi connectivity index (χ2v) is 18.5. The predicted octanol–water partition coefficient (Wildman–Crippen LogP) is -3.72. The standard InChI is InChI=1S/C51H72N16O11/c1-4-57-44(73)35(12-8-22-58-50(53)54)63-45(74)36(13-9-23-59-51(55)56)62-42(71)28(2)60-46(75)37(24-31-14-18-33(68)19-15-31)65-47(76)38(25-32-16-20-34(69)21-17-32)64-43(72)29(3)61-48(77)40(27-41(52)70)67-49(78)39(66-67)26-30-10-6-5-7-11-30/h5-7,10-11,14-21,28-29,35-40,66,68-69H,4,8-9,12-13,22-27H2,1-3H3,(H2,52,70)(H,57,73)(H,60,75)(H,61,77)(H,62,71)(H,63,74)(H,64,72)(H,65,76)(H4,53,54,58)(H4,55,56,59)/t28?,29?,35-,36-,37-,38-,39-,40-/m0/s1. The molecule has 2 unspecified atom stereocenters. The highest BCUT2D eigenvalue weighted by Crippen LogP contribution is 2.19. The molecule has 0 radical (unpaired) electrons. The van der Waals surface area contributed by atoms with Crippen LogP contribution < -0.4 is 71.3 Å². The van der Waals surface area contributed by atoms with E-state index < -0.39 is 108 Å². The minimum atomic E-state index is -1.47. The molecule has 422 valence electrons. The molecule has 27 nitrogen and oxygen atoms in total. The van der Waals surface area contributed by atoms with Gasteiger partial charge in [0.05, 0.1) is 6.42 Å². The highest BCUT2D eigenvalue weighted by Gasteiger charge is 2.44. The van der Waals surface area contributed by atoms with E-state index in [4.69, 9.17) is 28.7 Å². The quantitative estimate of drug-likeness (QED) is 0.0167. The molecular formula is C51H72N16O11. The van der Waals surface area contributed by atoms with Gasteiger partial charge in [0.25, 0.3) is 5.91 Å². The molecule has 4 rings (SSSR count). The van der Waals surface area contributed by atoms with Gasteiger partial charge in [0.2, 0.25) is 47.3 Å². The van der Waals surface area contributed by atoms with E-state index in [1.54, 1.807) is 6.92 Å². The molecule has 0 spiro atoms. The van der Waals surface area contributed by atoms with Crippen LogP contribution >= 0.6 is 0 Å². The van der Waals surface area contributed by atoms with E-state index in [1.165, 1.54) is 62.4 Å². The van der Waals surface area contributed by atoms with E-state index in [2.05, 4.69) is 52.6 Å². The molecule has 1 aliphatic rings. The molecular weight excluding hydrogens is 1010 g/mol. The lowest BCUT2D eigenvalue weighted by molar-refractivity contribution is -0.162. The van der Waals surface area contributed by atoms with Gasteiger partial charge in [-0.25, -0.2) is 5.43 Å². The third kappa shape index (κ3) is 20.3. The molecule has 1 aliphatic heterocycles. The molecule has 78 heavy (non-hydrogen) atoms. The maximum atomic E-state index is 14.4.